The van der Waals surface area contributed by atoms with Crippen LogP contribution >= 0.6 is 0 Å². The van der Waals surface area contributed by atoms with Crippen LogP contribution in [0.3, 0.4) is 0 Å². The predicted octanol–water partition coefficient (Wildman–Crippen LogP) is -2.66. The number of aliphatic hydroxyl groups is 2. The number of nitrogens with one attached hydrogen (secondary N) is 1. The Morgan fingerprint density at radius 2 is 2.10 bits per heavy atom. The van der Waals surface area contributed by atoms with Crippen LogP contribution in [0.25, 0.3) is 0 Å². The highest BCUT2D eigenvalue weighted by Crippen LogP contribution is 2.12. The molecule has 0 aromatic rings. The molecule has 10 heavy (non-hydrogen) atoms. The molecule has 0 spiro atoms. The van der Waals surface area contributed by atoms with Crippen LogP contribution in [-0.4, -0.2) is 22.5 Å². The molecule has 56 valence electrons. The second-order valence-electron chi connectivity index (χ2n) is 1.87. The quantitative estimate of drug-likeness (QED) is 0.238. The van der Waals surface area contributed by atoms with Crippen LogP contribution in [0.5, 0.6) is 0 Å². The normalized spacial score (nSPS) is 22.6. The van der Waals surface area contributed by atoms with Gasteiger partial charge < -0.3 is 27.0 Å². The van der Waals surface area contributed by atoms with Gasteiger partial charge in [-0.3, -0.25) is 0 Å². The van der Waals surface area contributed by atoms with Crippen LogP contribution in [0.1, 0.15) is 0 Å². The van der Waals surface area contributed by atoms with E-state index in [0.717, 1.165) is 6.34 Å². The first-order valence-corrected chi connectivity index (χ1v) is 2.55. The Bertz CT molecular complexity index is 207. The lowest BCUT2D eigenvalue weighted by Gasteiger charge is -2.22. The summed E-state index contributed by atoms with van der Waals surface area (Å²) in [5.41, 5.74) is 10.0. The molecule has 0 saturated heterocycles. The monoisotopic (exact) mass is 144 g/mol. The Morgan fingerprint density at radius 3 is 2.50 bits per heavy atom. The second-order valence-corrected chi connectivity index (χ2v) is 1.87. The summed E-state index contributed by atoms with van der Waals surface area (Å²) in [6.07, 6.45) is 1.06. The van der Waals surface area contributed by atoms with Crippen LogP contribution < -0.4 is 16.8 Å². The molecule has 0 bridgehead atoms. The first-order valence-electron chi connectivity index (χ1n) is 2.55. The third-order valence-electron chi connectivity index (χ3n) is 1.12. The molecule has 0 saturated carbocycles. The molecule has 0 atom stereocenters. The molecule has 0 aromatic carbocycles. The maximum atomic E-state index is 8.87. The van der Waals surface area contributed by atoms with E-state index in [1.54, 1.807) is 0 Å². The van der Waals surface area contributed by atoms with Crippen molar-refractivity contribution in [2.75, 3.05) is 0 Å². The molecule has 0 radical (unpaired) electrons. The summed E-state index contributed by atoms with van der Waals surface area (Å²) >= 11 is 0. The number of nitrogens with zero attached hydrogens (tertiary/aromatic N) is 1. The summed E-state index contributed by atoms with van der Waals surface area (Å²) in [4.78, 5) is 3.21. The molecule has 7 N–H and O–H groups in total. The first kappa shape index (κ1) is 6.84. The van der Waals surface area contributed by atoms with Crippen LogP contribution in [-0.2, 0) is 0 Å². The van der Waals surface area contributed by atoms with Gasteiger partial charge in [0.25, 0.3) is 0 Å². The molecule has 1 rings (SSSR count). The molecule has 0 aromatic heterocycles. The summed E-state index contributed by atoms with van der Waals surface area (Å²) in [6.45, 7) is 0. The lowest BCUT2D eigenvalue weighted by Crippen LogP contribution is -2.42. The molecule has 0 fully saturated rings. The maximum absolute atomic E-state index is 8.87. The number of aliphatic imine (C=N–C) groups is 1. The molecular weight excluding hydrogens is 136 g/mol. The van der Waals surface area contributed by atoms with Crippen molar-refractivity contribution in [1.82, 2.24) is 5.32 Å². The van der Waals surface area contributed by atoms with E-state index >= 15 is 0 Å². The van der Waals surface area contributed by atoms with E-state index < -0.39 is 5.91 Å². The van der Waals surface area contributed by atoms with Gasteiger partial charge in [0.05, 0.1) is 6.34 Å². The van der Waals surface area contributed by atoms with Crippen LogP contribution in [0.2, 0.25) is 0 Å². The second kappa shape index (κ2) is 1.86. The minimum atomic E-state index is -2.35. The van der Waals surface area contributed by atoms with Crippen molar-refractivity contribution < 1.29 is 10.2 Å². The summed E-state index contributed by atoms with van der Waals surface area (Å²) < 4.78 is 0. The largest absolute Gasteiger partial charge is 0.393 e. The van der Waals surface area contributed by atoms with Crippen molar-refractivity contribution in [2.45, 2.75) is 5.91 Å². The zero-order valence-corrected chi connectivity index (χ0v) is 5.07. The fraction of sp³-hybridized carbons (Fsp3) is 0.250. The Balaban J connectivity index is 2.97. The topological polar surface area (TPSA) is 117 Å². The molecule has 0 amide bonds. The average Bonchev–Trinajstić information content (AvgIpc) is 1.83. The molecule has 1 aliphatic heterocycles. The standard InChI is InChI=1S/C4H8N4O2/c5-2-3(6)7-1-8-4(2,9)10/h1,9-10H,5-6H2,(H,7,8). The Morgan fingerprint density at radius 1 is 1.50 bits per heavy atom. The van der Waals surface area contributed by atoms with Gasteiger partial charge in [0, 0.05) is 0 Å². The third-order valence-corrected chi connectivity index (χ3v) is 1.12. The Hall–Kier alpha value is -1.27. The van der Waals surface area contributed by atoms with Crippen LogP contribution in [0.15, 0.2) is 16.5 Å². The minimum absolute atomic E-state index is 0.000000000000000444. The molecule has 6 nitrogen and oxygen atoms in total. The zero-order valence-electron chi connectivity index (χ0n) is 5.07. The summed E-state index contributed by atoms with van der Waals surface area (Å²) in [5, 5.41) is 20.1. The van der Waals surface area contributed by atoms with E-state index in [2.05, 4.69) is 10.3 Å². The minimum Gasteiger partial charge on any atom is -0.393 e. The summed E-state index contributed by atoms with van der Waals surface area (Å²) in [7, 11) is 0. The van der Waals surface area contributed by atoms with Crippen LogP contribution in [0, 0.1) is 0 Å². The highest BCUT2D eigenvalue weighted by molar-refractivity contribution is 5.60. The smallest absolute Gasteiger partial charge is 0.313 e. The third kappa shape index (κ3) is 0.893. The van der Waals surface area contributed by atoms with E-state index in [1.165, 1.54) is 0 Å². The number of rotatable bonds is 0. The molecule has 0 aliphatic carbocycles. The van der Waals surface area contributed by atoms with Gasteiger partial charge >= 0.3 is 5.91 Å². The van der Waals surface area contributed by atoms with Gasteiger partial charge in [-0.05, 0) is 0 Å². The highest BCUT2D eigenvalue weighted by Gasteiger charge is 2.29. The van der Waals surface area contributed by atoms with Gasteiger partial charge in [-0.25, -0.2) is 4.99 Å². The molecule has 0 unspecified atom stereocenters. The van der Waals surface area contributed by atoms with Crippen molar-refractivity contribution in [2.24, 2.45) is 16.5 Å². The van der Waals surface area contributed by atoms with Crippen LogP contribution in [0.4, 0.5) is 0 Å². The lowest BCUT2D eigenvalue weighted by molar-refractivity contribution is -0.122. The average molecular weight is 144 g/mol. The molecular formula is C4H8N4O2. The Kier molecular flexibility index (Phi) is 1.27. The highest BCUT2D eigenvalue weighted by atomic mass is 16.5. The van der Waals surface area contributed by atoms with Gasteiger partial charge in [-0.15, -0.1) is 0 Å². The van der Waals surface area contributed by atoms with Gasteiger partial charge in [-0.2, -0.15) is 0 Å². The lowest BCUT2D eigenvalue weighted by atomic mass is 10.3. The van der Waals surface area contributed by atoms with Gasteiger partial charge in [-0.1, -0.05) is 0 Å². The van der Waals surface area contributed by atoms with Crippen molar-refractivity contribution >= 4 is 6.34 Å². The fourth-order valence-corrected chi connectivity index (χ4v) is 0.520. The SMILES string of the molecule is NC1=C(N)C(O)(O)N=CN1. The summed E-state index contributed by atoms with van der Waals surface area (Å²) in [6, 6.07) is 0. The number of hydrogen-bond donors (Lipinski definition) is 5. The fourth-order valence-electron chi connectivity index (χ4n) is 0.520. The predicted molar refractivity (Wildman–Crippen MR) is 34.2 cm³/mol. The van der Waals surface area contributed by atoms with Crippen molar-refractivity contribution in [1.29, 1.82) is 0 Å². The van der Waals surface area contributed by atoms with Crippen molar-refractivity contribution in [3.8, 4) is 0 Å². The number of hydrogen-bond acceptors (Lipinski definition) is 6. The van der Waals surface area contributed by atoms with E-state index in [0.29, 0.717) is 0 Å². The maximum Gasteiger partial charge on any atom is 0.313 e. The van der Waals surface area contributed by atoms with Gasteiger partial charge in [0.1, 0.15) is 11.5 Å². The van der Waals surface area contributed by atoms with Gasteiger partial charge in [0.2, 0.25) is 0 Å². The first-order chi connectivity index (χ1) is 4.54. The van der Waals surface area contributed by atoms with E-state index in [-0.39, 0.29) is 11.5 Å². The molecule has 1 aliphatic rings. The molecule has 6 heteroatoms. The summed E-state index contributed by atoms with van der Waals surface area (Å²) in [5.74, 6) is -2.35. The van der Waals surface area contributed by atoms with Crippen molar-refractivity contribution in [3.63, 3.8) is 0 Å². The Labute approximate surface area is 56.9 Å². The zero-order chi connectivity index (χ0) is 7.78. The van der Waals surface area contributed by atoms with E-state index in [1.807, 2.05) is 0 Å². The van der Waals surface area contributed by atoms with Gasteiger partial charge in [0.15, 0.2) is 0 Å². The van der Waals surface area contributed by atoms with E-state index in [9.17, 15) is 0 Å². The van der Waals surface area contributed by atoms with E-state index in [4.69, 9.17) is 21.7 Å². The number of nitrogens with two attached hydrogens (primary N) is 2. The molecule has 1 heterocycles. The van der Waals surface area contributed by atoms with Crippen molar-refractivity contribution in [3.05, 3.63) is 11.5 Å².